The van der Waals surface area contributed by atoms with Gasteiger partial charge in [0, 0.05) is 6.54 Å². The number of alkyl halides is 1. The number of rotatable bonds is 1. The normalized spacial score (nSPS) is 28.7. The largest absolute Gasteiger partial charge is 0.365 e. The van der Waals surface area contributed by atoms with Crippen molar-refractivity contribution >= 4 is 32.8 Å². The summed E-state index contributed by atoms with van der Waals surface area (Å²) in [7, 11) is -3.51. The smallest absolute Gasteiger partial charge is 0.277 e. The predicted molar refractivity (Wildman–Crippen MR) is 48.4 cm³/mol. The Balaban J connectivity index is 2.60. The molecule has 0 amide bonds. The van der Waals surface area contributed by atoms with E-state index in [1.165, 1.54) is 4.31 Å². The van der Waals surface area contributed by atoms with Crippen molar-refractivity contribution in [1.82, 2.24) is 4.31 Å². The molecule has 1 aliphatic rings. The lowest BCUT2D eigenvalue weighted by Crippen LogP contribution is -2.46. The van der Waals surface area contributed by atoms with Crippen molar-refractivity contribution in [3.05, 3.63) is 0 Å². The van der Waals surface area contributed by atoms with Gasteiger partial charge in [0.15, 0.2) is 0 Å². The van der Waals surface area contributed by atoms with E-state index in [1.54, 1.807) is 0 Å². The molecule has 1 unspecified atom stereocenters. The number of nitrogens with zero attached hydrogens (tertiary/aromatic N) is 1. The van der Waals surface area contributed by atoms with Crippen molar-refractivity contribution in [3.63, 3.8) is 0 Å². The molecule has 7 heteroatoms. The van der Waals surface area contributed by atoms with Crippen molar-refractivity contribution in [2.24, 2.45) is 5.14 Å². The van der Waals surface area contributed by atoms with Gasteiger partial charge in [0.1, 0.15) is 4.11 Å². The van der Waals surface area contributed by atoms with Crippen LogP contribution in [0.4, 0.5) is 0 Å². The standard InChI is InChI=1S/C4H9IN2O3S/c5-4-3-7(1-2-10-4)11(6,8)9/h4H,1-3H2,(H2,6,8,9). The number of ether oxygens (including phenoxy) is 1. The maximum absolute atomic E-state index is 10.8. The molecular weight excluding hydrogens is 283 g/mol. The molecule has 2 N–H and O–H groups in total. The molecule has 66 valence electrons. The van der Waals surface area contributed by atoms with Gasteiger partial charge >= 0.3 is 0 Å². The maximum Gasteiger partial charge on any atom is 0.277 e. The lowest BCUT2D eigenvalue weighted by Gasteiger charge is -2.27. The minimum Gasteiger partial charge on any atom is -0.365 e. The molecule has 0 spiro atoms. The van der Waals surface area contributed by atoms with Gasteiger partial charge in [-0.25, -0.2) is 5.14 Å². The molecule has 0 bridgehead atoms. The summed E-state index contributed by atoms with van der Waals surface area (Å²) >= 11 is 2.03. The zero-order valence-corrected chi connectivity index (χ0v) is 8.71. The van der Waals surface area contributed by atoms with Gasteiger partial charge in [0.2, 0.25) is 0 Å². The highest BCUT2D eigenvalue weighted by Gasteiger charge is 2.24. The third-order valence-electron chi connectivity index (χ3n) is 1.35. The first-order valence-electron chi connectivity index (χ1n) is 3.03. The Hall–Kier alpha value is 0.560. The number of hydrogen-bond donors (Lipinski definition) is 1. The topological polar surface area (TPSA) is 72.6 Å². The third-order valence-corrected chi connectivity index (χ3v) is 3.15. The first-order valence-corrected chi connectivity index (χ1v) is 5.78. The van der Waals surface area contributed by atoms with Crippen LogP contribution >= 0.6 is 22.6 Å². The lowest BCUT2D eigenvalue weighted by atomic mass is 10.5. The molecule has 1 fully saturated rings. The molecule has 0 aromatic carbocycles. The zero-order chi connectivity index (χ0) is 8.48. The highest BCUT2D eigenvalue weighted by atomic mass is 127. The molecule has 1 rings (SSSR count). The second-order valence-electron chi connectivity index (χ2n) is 2.18. The van der Waals surface area contributed by atoms with Crippen molar-refractivity contribution in [2.75, 3.05) is 19.7 Å². The lowest BCUT2D eigenvalue weighted by molar-refractivity contribution is 0.0606. The highest BCUT2D eigenvalue weighted by Crippen LogP contribution is 2.12. The minimum absolute atomic E-state index is 0.0836. The Kier molecular flexibility index (Phi) is 3.09. The first kappa shape index (κ1) is 9.65. The Labute approximate surface area is 79.2 Å². The van der Waals surface area contributed by atoms with Crippen LogP contribution in [0, 0.1) is 0 Å². The molecule has 0 aromatic heterocycles. The highest BCUT2D eigenvalue weighted by molar-refractivity contribution is 14.1. The van der Waals surface area contributed by atoms with E-state index in [2.05, 4.69) is 0 Å². The second-order valence-corrected chi connectivity index (χ2v) is 5.12. The number of morpholine rings is 1. The van der Waals surface area contributed by atoms with Crippen LogP contribution in [0.1, 0.15) is 0 Å². The minimum atomic E-state index is -3.51. The quantitative estimate of drug-likeness (QED) is 0.512. The molecule has 1 aliphatic heterocycles. The van der Waals surface area contributed by atoms with E-state index >= 15 is 0 Å². The SMILES string of the molecule is NS(=O)(=O)N1CCOC(I)C1. The van der Waals surface area contributed by atoms with Crippen molar-refractivity contribution in [1.29, 1.82) is 0 Å². The number of nitrogens with two attached hydrogens (primary N) is 1. The molecule has 1 atom stereocenters. The van der Waals surface area contributed by atoms with E-state index in [9.17, 15) is 8.42 Å². The molecule has 11 heavy (non-hydrogen) atoms. The molecule has 5 nitrogen and oxygen atoms in total. The zero-order valence-electron chi connectivity index (χ0n) is 5.73. The van der Waals surface area contributed by atoms with Crippen molar-refractivity contribution < 1.29 is 13.2 Å². The summed E-state index contributed by atoms with van der Waals surface area (Å²) in [6, 6.07) is 0. The maximum atomic E-state index is 10.8. The van der Waals surface area contributed by atoms with Crippen molar-refractivity contribution in [2.45, 2.75) is 4.11 Å². The molecule has 1 heterocycles. The van der Waals surface area contributed by atoms with Gasteiger partial charge in [-0.15, -0.1) is 0 Å². The van der Waals surface area contributed by atoms with Gasteiger partial charge < -0.3 is 4.74 Å². The third kappa shape index (κ3) is 2.82. The van der Waals surface area contributed by atoms with Crippen LogP contribution in [0.25, 0.3) is 0 Å². The predicted octanol–water partition coefficient (Wildman–Crippen LogP) is -0.717. The molecule has 0 aliphatic carbocycles. The summed E-state index contributed by atoms with van der Waals surface area (Å²) in [5, 5.41) is 4.91. The fourth-order valence-electron chi connectivity index (χ4n) is 0.818. The van der Waals surface area contributed by atoms with Gasteiger partial charge in [-0.2, -0.15) is 12.7 Å². The van der Waals surface area contributed by atoms with E-state index in [1.807, 2.05) is 22.6 Å². The number of hydrogen-bond acceptors (Lipinski definition) is 3. The Morgan fingerprint density at radius 1 is 1.64 bits per heavy atom. The van der Waals surface area contributed by atoms with Crippen molar-refractivity contribution in [3.8, 4) is 0 Å². The summed E-state index contributed by atoms with van der Waals surface area (Å²) in [6.07, 6.45) is 0. The molecule has 1 saturated heterocycles. The van der Waals surface area contributed by atoms with Gasteiger partial charge in [-0.3, -0.25) is 0 Å². The van der Waals surface area contributed by atoms with Crippen LogP contribution in [0.3, 0.4) is 0 Å². The fraction of sp³-hybridized carbons (Fsp3) is 1.00. The summed E-state index contributed by atoms with van der Waals surface area (Å²) < 4.78 is 27.8. The van der Waals surface area contributed by atoms with Crippen LogP contribution in [-0.2, 0) is 14.9 Å². The molecule has 0 saturated carbocycles. The second kappa shape index (κ2) is 3.52. The van der Waals surface area contributed by atoms with E-state index in [4.69, 9.17) is 9.88 Å². The van der Waals surface area contributed by atoms with Crippen LogP contribution in [0.15, 0.2) is 0 Å². The van der Waals surface area contributed by atoms with E-state index in [-0.39, 0.29) is 4.11 Å². The van der Waals surface area contributed by atoms with E-state index < -0.39 is 10.2 Å². The Morgan fingerprint density at radius 2 is 2.27 bits per heavy atom. The van der Waals surface area contributed by atoms with Crippen LogP contribution in [0.2, 0.25) is 0 Å². The van der Waals surface area contributed by atoms with Gasteiger partial charge in [0.05, 0.1) is 13.2 Å². The fourth-order valence-corrected chi connectivity index (χ4v) is 2.49. The average Bonchev–Trinajstić information content (AvgIpc) is 1.86. The summed E-state index contributed by atoms with van der Waals surface area (Å²) in [5.41, 5.74) is 0. The Morgan fingerprint density at radius 3 is 2.64 bits per heavy atom. The molecule has 0 radical (unpaired) electrons. The first-order chi connectivity index (χ1) is 5.00. The van der Waals surface area contributed by atoms with E-state index in [0.29, 0.717) is 19.7 Å². The van der Waals surface area contributed by atoms with Crippen LogP contribution in [-0.4, -0.2) is 36.5 Å². The van der Waals surface area contributed by atoms with Crippen LogP contribution < -0.4 is 5.14 Å². The van der Waals surface area contributed by atoms with Crippen LogP contribution in [0.5, 0.6) is 0 Å². The monoisotopic (exact) mass is 292 g/mol. The summed E-state index contributed by atoms with van der Waals surface area (Å²) in [5.74, 6) is 0. The van der Waals surface area contributed by atoms with Gasteiger partial charge in [-0.05, 0) is 22.6 Å². The summed E-state index contributed by atoms with van der Waals surface area (Å²) in [4.78, 5) is 0. The van der Waals surface area contributed by atoms with Gasteiger partial charge in [-0.1, -0.05) is 0 Å². The van der Waals surface area contributed by atoms with Gasteiger partial charge in [0.25, 0.3) is 10.2 Å². The molecular formula is C4H9IN2O3S. The average molecular weight is 292 g/mol. The number of halogens is 1. The molecule has 0 aromatic rings. The van der Waals surface area contributed by atoms with E-state index in [0.717, 1.165) is 0 Å². The summed E-state index contributed by atoms with van der Waals surface area (Å²) in [6.45, 7) is 1.13. The Bertz CT molecular complexity index is 229.